The van der Waals surface area contributed by atoms with Crippen molar-refractivity contribution < 1.29 is 38.0 Å². The zero-order chi connectivity index (χ0) is 17.4. The smallest absolute Gasteiger partial charge is 0.266 e. The third kappa shape index (κ3) is 3.38. The van der Waals surface area contributed by atoms with Gasteiger partial charge in [-0.25, -0.2) is 0 Å². The van der Waals surface area contributed by atoms with E-state index in [0.717, 1.165) is 29.4 Å². The summed E-state index contributed by atoms with van der Waals surface area (Å²) in [6.45, 7) is 5.18. The summed E-state index contributed by atoms with van der Waals surface area (Å²) in [6.07, 6.45) is 4.23. The largest absolute Gasteiger partial charge is 1.00 e. The molecule has 0 fully saturated rings. The minimum atomic E-state index is 0. The lowest BCUT2D eigenvalue weighted by Crippen LogP contribution is -3.00. The number of thiazole rings is 1. The molecule has 1 aliphatic heterocycles. The molecule has 0 atom stereocenters. The second-order valence-electron chi connectivity index (χ2n) is 5.99. The predicted molar refractivity (Wildman–Crippen MR) is 103 cm³/mol. The van der Waals surface area contributed by atoms with Gasteiger partial charge in [0.25, 0.3) is 5.01 Å². The molecule has 3 aromatic rings. The van der Waals surface area contributed by atoms with Crippen LogP contribution in [0.15, 0.2) is 54.3 Å². The number of hydrogen-bond acceptors (Lipinski definition) is 3. The third-order valence-electron chi connectivity index (χ3n) is 4.42. The van der Waals surface area contributed by atoms with Gasteiger partial charge in [0, 0.05) is 5.56 Å². The van der Waals surface area contributed by atoms with Crippen LogP contribution in [-0.2, 0) is 6.54 Å². The maximum atomic E-state index is 6.10. The molecule has 0 saturated heterocycles. The standard InChI is InChI=1S/C21H20NO2S.HI/c1-4-22-18-12-15(23-3)9-10-20(18)25-21(22)13-16-11-14(2)17-7-5-6-8-19(17)24-16;/h5-13H,4H2,1-3H3;1H/q+1;/p-1. The molecule has 5 heteroatoms. The molecule has 1 aliphatic rings. The van der Waals surface area contributed by atoms with Crippen molar-refractivity contribution in [2.75, 3.05) is 7.11 Å². The van der Waals surface area contributed by atoms with Gasteiger partial charge in [0.05, 0.1) is 19.3 Å². The number of allylic oxidation sites excluding steroid dienone is 2. The van der Waals surface area contributed by atoms with Gasteiger partial charge in [-0.15, -0.1) is 0 Å². The van der Waals surface area contributed by atoms with Crippen molar-refractivity contribution in [1.29, 1.82) is 0 Å². The first-order chi connectivity index (χ1) is 12.2. The van der Waals surface area contributed by atoms with Crippen LogP contribution in [0.3, 0.4) is 0 Å². The van der Waals surface area contributed by atoms with Gasteiger partial charge in [0.2, 0.25) is 5.52 Å². The van der Waals surface area contributed by atoms with E-state index in [4.69, 9.17) is 9.47 Å². The second kappa shape index (κ2) is 7.80. The van der Waals surface area contributed by atoms with E-state index in [1.54, 1.807) is 18.4 Å². The number of hydrogen-bond donors (Lipinski definition) is 0. The molecule has 0 aliphatic carbocycles. The maximum Gasteiger partial charge on any atom is 0.266 e. The maximum absolute atomic E-state index is 6.10. The van der Waals surface area contributed by atoms with E-state index in [1.807, 2.05) is 24.3 Å². The van der Waals surface area contributed by atoms with E-state index in [2.05, 4.69) is 48.8 Å². The highest BCUT2D eigenvalue weighted by Crippen LogP contribution is 2.34. The first-order valence-electron chi connectivity index (χ1n) is 8.37. The first-order valence-corrected chi connectivity index (χ1v) is 9.19. The Labute approximate surface area is 174 Å². The molecule has 0 radical (unpaired) electrons. The zero-order valence-corrected chi connectivity index (χ0v) is 17.9. The molecule has 2 heterocycles. The molecule has 0 N–H and O–H groups in total. The molecule has 3 nitrogen and oxygen atoms in total. The minimum absolute atomic E-state index is 0. The van der Waals surface area contributed by atoms with Crippen molar-refractivity contribution in [2.45, 2.75) is 20.4 Å². The average Bonchev–Trinajstić information content (AvgIpc) is 2.97. The summed E-state index contributed by atoms with van der Waals surface area (Å²) >= 11 is 1.77. The van der Waals surface area contributed by atoms with Crippen LogP contribution < -0.4 is 38.0 Å². The molecule has 0 spiro atoms. The minimum Gasteiger partial charge on any atom is -1.00 e. The Balaban J connectivity index is 0.00000196. The van der Waals surface area contributed by atoms with E-state index in [-0.39, 0.29) is 24.0 Å². The molecule has 0 amide bonds. The van der Waals surface area contributed by atoms with Gasteiger partial charge >= 0.3 is 0 Å². The van der Waals surface area contributed by atoms with Crippen LogP contribution in [0, 0.1) is 0 Å². The van der Waals surface area contributed by atoms with Gasteiger partial charge in [-0.2, -0.15) is 4.57 Å². The number of benzene rings is 2. The Morgan fingerprint density at radius 2 is 2.00 bits per heavy atom. The number of aryl methyl sites for hydroxylation is 1. The summed E-state index contributed by atoms with van der Waals surface area (Å²) in [5.41, 5.74) is 3.57. The lowest BCUT2D eigenvalue weighted by Gasteiger charge is -2.17. The second-order valence-corrected chi connectivity index (χ2v) is 7.05. The van der Waals surface area contributed by atoms with E-state index in [1.165, 1.54) is 20.8 Å². The SMILES string of the molecule is CC[n+]1c(C=C2C=C(C)c3ccccc3O2)sc2ccc(OC)cc21.[I-]. The lowest BCUT2D eigenvalue weighted by atomic mass is 10.0. The van der Waals surface area contributed by atoms with Crippen molar-refractivity contribution in [2.24, 2.45) is 0 Å². The third-order valence-corrected chi connectivity index (χ3v) is 5.53. The van der Waals surface area contributed by atoms with Crippen LogP contribution in [-0.4, -0.2) is 7.11 Å². The Morgan fingerprint density at radius 3 is 2.77 bits per heavy atom. The highest BCUT2D eigenvalue weighted by atomic mass is 127. The number of para-hydroxylation sites is 1. The van der Waals surface area contributed by atoms with Crippen molar-refractivity contribution in [1.82, 2.24) is 0 Å². The average molecular weight is 477 g/mol. The molecule has 134 valence electrons. The zero-order valence-electron chi connectivity index (χ0n) is 15.0. The molecule has 26 heavy (non-hydrogen) atoms. The Bertz CT molecular complexity index is 1020. The van der Waals surface area contributed by atoms with Gasteiger partial charge in [0.1, 0.15) is 28.5 Å². The number of aromatic nitrogens is 1. The lowest BCUT2D eigenvalue weighted by molar-refractivity contribution is -0.665. The summed E-state index contributed by atoms with van der Waals surface area (Å²) in [7, 11) is 1.70. The summed E-state index contributed by atoms with van der Waals surface area (Å²) in [6, 6.07) is 14.4. The monoisotopic (exact) mass is 477 g/mol. The Morgan fingerprint density at radius 1 is 1.19 bits per heavy atom. The molecule has 0 unspecified atom stereocenters. The van der Waals surface area contributed by atoms with Gasteiger partial charge in [-0.1, -0.05) is 29.5 Å². The van der Waals surface area contributed by atoms with Gasteiger partial charge in [-0.3, -0.25) is 0 Å². The normalized spacial score (nSPS) is 14.4. The van der Waals surface area contributed by atoms with Crippen LogP contribution in [0.4, 0.5) is 0 Å². The fourth-order valence-electron chi connectivity index (χ4n) is 3.16. The van der Waals surface area contributed by atoms with Gasteiger partial charge < -0.3 is 33.5 Å². The Hall–Kier alpha value is -1.86. The summed E-state index contributed by atoms with van der Waals surface area (Å²) in [5, 5.41) is 1.17. The van der Waals surface area contributed by atoms with Crippen molar-refractivity contribution in [3.05, 3.63) is 64.9 Å². The van der Waals surface area contributed by atoms with E-state index in [0.29, 0.717) is 0 Å². The molecule has 0 bridgehead atoms. The Kier molecular flexibility index (Phi) is 5.67. The molecular formula is C21H20INO2S. The van der Waals surface area contributed by atoms with Crippen molar-refractivity contribution >= 4 is 33.2 Å². The van der Waals surface area contributed by atoms with E-state index >= 15 is 0 Å². The van der Waals surface area contributed by atoms with Gasteiger partial charge in [-0.05, 0) is 43.7 Å². The van der Waals surface area contributed by atoms with E-state index in [9.17, 15) is 0 Å². The topological polar surface area (TPSA) is 22.3 Å². The number of halogens is 1. The van der Waals surface area contributed by atoms with Crippen molar-refractivity contribution in [3.63, 3.8) is 0 Å². The predicted octanol–water partition coefficient (Wildman–Crippen LogP) is 2.06. The number of ether oxygens (including phenoxy) is 2. The summed E-state index contributed by atoms with van der Waals surface area (Å²) in [5.74, 6) is 2.67. The number of methoxy groups -OCH3 is 1. The van der Waals surface area contributed by atoms with Crippen LogP contribution in [0.25, 0.3) is 21.9 Å². The highest BCUT2D eigenvalue weighted by molar-refractivity contribution is 7.18. The molecule has 1 aromatic heterocycles. The molecule has 4 rings (SSSR count). The summed E-state index contributed by atoms with van der Waals surface area (Å²) in [4.78, 5) is 0. The van der Waals surface area contributed by atoms with Crippen LogP contribution in [0.5, 0.6) is 11.5 Å². The molecule has 2 aromatic carbocycles. The fourth-order valence-corrected chi connectivity index (χ4v) is 4.31. The molecule has 0 saturated carbocycles. The summed E-state index contributed by atoms with van der Waals surface area (Å²) < 4.78 is 15.0. The van der Waals surface area contributed by atoms with Crippen LogP contribution in [0.1, 0.15) is 24.4 Å². The van der Waals surface area contributed by atoms with Crippen LogP contribution >= 0.6 is 11.3 Å². The first kappa shape index (κ1) is 18.9. The van der Waals surface area contributed by atoms with Crippen molar-refractivity contribution in [3.8, 4) is 11.5 Å². The quantitative estimate of drug-likeness (QED) is 0.426. The molecular weight excluding hydrogens is 457 g/mol. The number of fused-ring (bicyclic) bond motifs is 2. The number of rotatable bonds is 3. The number of nitrogens with zero attached hydrogens (tertiary/aromatic N) is 1. The fraction of sp³-hybridized carbons (Fsp3) is 0.190. The highest BCUT2D eigenvalue weighted by Gasteiger charge is 2.20. The van der Waals surface area contributed by atoms with E-state index < -0.39 is 0 Å². The van der Waals surface area contributed by atoms with Gasteiger partial charge in [0.15, 0.2) is 0 Å². The van der Waals surface area contributed by atoms with Crippen LogP contribution in [0.2, 0.25) is 0 Å².